The smallest absolute Gasteiger partial charge is 0.349 e. The van der Waals surface area contributed by atoms with Crippen LogP contribution in [-0.2, 0) is 16.1 Å². The number of anilines is 1. The second-order valence-electron chi connectivity index (χ2n) is 8.71. The highest BCUT2D eigenvalue weighted by atomic mass is 16.6. The van der Waals surface area contributed by atoms with Crippen molar-refractivity contribution in [3.63, 3.8) is 0 Å². The molecule has 3 rings (SSSR count). The zero-order valence-corrected chi connectivity index (χ0v) is 20.1. The van der Waals surface area contributed by atoms with Crippen LogP contribution in [0, 0.1) is 13.8 Å². The molecule has 2 heterocycles. The number of benzene rings is 1. The Morgan fingerprint density at radius 2 is 1.75 bits per heavy atom. The van der Waals surface area contributed by atoms with Crippen LogP contribution in [-0.4, -0.2) is 61.3 Å². The van der Waals surface area contributed by atoms with Crippen molar-refractivity contribution >= 4 is 11.8 Å². The molecule has 0 saturated carbocycles. The first kappa shape index (κ1) is 23.9. The van der Waals surface area contributed by atoms with Crippen LogP contribution in [0.2, 0.25) is 0 Å². The zero-order valence-electron chi connectivity index (χ0n) is 20.1. The number of hydrogen-bond acceptors (Lipinski definition) is 7. The van der Waals surface area contributed by atoms with E-state index in [0.29, 0.717) is 6.61 Å². The Labute approximate surface area is 191 Å². The molecule has 1 aromatic carbocycles. The number of rotatable bonds is 8. The summed E-state index contributed by atoms with van der Waals surface area (Å²) in [6.45, 7) is 14.4. The maximum atomic E-state index is 12.2. The van der Waals surface area contributed by atoms with Crippen LogP contribution < -0.4 is 14.4 Å². The van der Waals surface area contributed by atoms with Gasteiger partial charge in [-0.15, -0.1) is 0 Å². The number of aryl methyl sites for hydroxylation is 2. The lowest BCUT2D eigenvalue weighted by molar-refractivity contribution is -0.158. The molecule has 0 atom stereocenters. The number of carbonyl (C=O) groups excluding carboxylic acids is 1. The summed E-state index contributed by atoms with van der Waals surface area (Å²) < 4.78 is 16.4. The molecule has 0 radical (unpaired) electrons. The van der Waals surface area contributed by atoms with Gasteiger partial charge in [0.25, 0.3) is 0 Å². The van der Waals surface area contributed by atoms with Crippen LogP contribution >= 0.6 is 0 Å². The Morgan fingerprint density at radius 3 is 2.28 bits per heavy atom. The van der Waals surface area contributed by atoms with Crippen LogP contribution in [0.5, 0.6) is 11.5 Å². The average molecular weight is 442 g/mol. The fourth-order valence-corrected chi connectivity index (χ4v) is 3.97. The minimum Gasteiger partial charge on any atom is -0.495 e. The molecule has 0 N–H and O–H groups in total. The number of aromatic nitrogens is 1. The summed E-state index contributed by atoms with van der Waals surface area (Å²) in [6.07, 6.45) is 1.76. The number of carbonyl (C=O) groups is 1. The van der Waals surface area contributed by atoms with Gasteiger partial charge in [-0.3, -0.25) is 4.90 Å². The lowest BCUT2D eigenvalue weighted by Crippen LogP contribution is -2.46. The number of pyridine rings is 1. The SMILES string of the molecule is CCOC(=O)C(C)(C)Oc1c(C)cc(CN2CCN(c3ccc(OC)cn3)CC2)cc1C. The molecule has 1 aliphatic rings. The topological polar surface area (TPSA) is 64.1 Å². The minimum absolute atomic E-state index is 0.338. The van der Waals surface area contributed by atoms with E-state index in [4.69, 9.17) is 14.2 Å². The molecule has 1 fully saturated rings. The molecule has 0 unspecified atom stereocenters. The van der Waals surface area contributed by atoms with E-state index in [2.05, 4.69) is 26.9 Å². The molecule has 0 bridgehead atoms. The van der Waals surface area contributed by atoms with Gasteiger partial charge in [0.1, 0.15) is 17.3 Å². The van der Waals surface area contributed by atoms with Gasteiger partial charge in [0, 0.05) is 32.7 Å². The number of hydrogen-bond donors (Lipinski definition) is 0. The summed E-state index contributed by atoms with van der Waals surface area (Å²) in [5, 5.41) is 0. The molecule has 1 aliphatic heterocycles. The van der Waals surface area contributed by atoms with Gasteiger partial charge in [0.15, 0.2) is 5.60 Å². The normalized spacial score (nSPS) is 14.9. The molecule has 1 saturated heterocycles. The van der Waals surface area contributed by atoms with E-state index in [-0.39, 0.29) is 5.97 Å². The summed E-state index contributed by atoms with van der Waals surface area (Å²) >= 11 is 0. The number of ether oxygens (including phenoxy) is 3. The van der Waals surface area contributed by atoms with Gasteiger partial charge in [-0.1, -0.05) is 12.1 Å². The average Bonchev–Trinajstić information content (AvgIpc) is 2.77. The highest BCUT2D eigenvalue weighted by Gasteiger charge is 2.32. The molecule has 7 heteroatoms. The molecule has 32 heavy (non-hydrogen) atoms. The predicted octanol–water partition coefficient (Wildman–Crippen LogP) is 3.75. The predicted molar refractivity (Wildman–Crippen MR) is 126 cm³/mol. The maximum absolute atomic E-state index is 12.2. The summed E-state index contributed by atoms with van der Waals surface area (Å²) in [7, 11) is 1.65. The molecule has 2 aromatic rings. The summed E-state index contributed by atoms with van der Waals surface area (Å²) in [4.78, 5) is 21.5. The molecule has 174 valence electrons. The first-order valence-corrected chi connectivity index (χ1v) is 11.2. The van der Waals surface area contributed by atoms with Crippen molar-refractivity contribution in [2.24, 2.45) is 0 Å². The van der Waals surface area contributed by atoms with Gasteiger partial charge in [-0.25, -0.2) is 9.78 Å². The van der Waals surface area contributed by atoms with Gasteiger partial charge >= 0.3 is 5.97 Å². The van der Waals surface area contributed by atoms with Crippen LogP contribution in [0.15, 0.2) is 30.5 Å². The lowest BCUT2D eigenvalue weighted by atomic mass is 10.0. The largest absolute Gasteiger partial charge is 0.495 e. The van der Waals surface area contributed by atoms with Gasteiger partial charge in [0.05, 0.1) is 19.9 Å². The Balaban J connectivity index is 1.60. The van der Waals surface area contributed by atoms with E-state index in [1.807, 2.05) is 26.0 Å². The van der Waals surface area contributed by atoms with Crippen molar-refractivity contribution in [2.45, 2.75) is 46.8 Å². The fourth-order valence-electron chi connectivity index (χ4n) is 3.97. The molecular formula is C25H35N3O4. The van der Waals surface area contributed by atoms with Crippen molar-refractivity contribution < 1.29 is 19.0 Å². The van der Waals surface area contributed by atoms with E-state index in [0.717, 1.165) is 61.2 Å². The zero-order chi connectivity index (χ0) is 23.3. The van der Waals surface area contributed by atoms with Gasteiger partial charge < -0.3 is 19.1 Å². The van der Waals surface area contributed by atoms with E-state index in [1.54, 1.807) is 34.1 Å². The quantitative estimate of drug-likeness (QED) is 0.578. The first-order chi connectivity index (χ1) is 15.2. The van der Waals surface area contributed by atoms with Crippen LogP contribution in [0.1, 0.15) is 37.5 Å². The molecule has 0 amide bonds. The van der Waals surface area contributed by atoms with E-state index in [9.17, 15) is 4.79 Å². The van der Waals surface area contributed by atoms with Gasteiger partial charge in [-0.05, 0) is 63.4 Å². The molecule has 0 aliphatic carbocycles. The monoisotopic (exact) mass is 441 g/mol. The fraction of sp³-hybridized carbons (Fsp3) is 0.520. The third kappa shape index (κ3) is 5.71. The second-order valence-corrected chi connectivity index (χ2v) is 8.71. The Hall–Kier alpha value is -2.80. The molecule has 7 nitrogen and oxygen atoms in total. The summed E-state index contributed by atoms with van der Waals surface area (Å²) in [6, 6.07) is 8.27. The lowest BCUT2D eigenvalue weighted by Gasteiger charge is -2.35. The van der Waals surface area contributed by atoms with Crippen LogP contribution in [0.4, 0.5) is 5.82 Å². The van der Waals surface area contributed by atoms with Gasteiger partial charge in [0.2, 0.25) is 0 Å². The number of methoxy groups -OCH3 is 1. The summed E-state index contributed by atoms with van der Waals surface area (Å²) in [5.74, 6) is 2.16. The molecule has 0 spiro atoms. The standard InChI is InChI=1S/C25H35N3O4/c1-7-31-24(29)25(4,5)32-23-18(2)14-20(15-19(23)3)17-27-10-12-28(13-11-27)22-9-8-21(30-6)16-26-22/h8-9,14-16H,7,10-13,17H2,1-6H3. The number of nitrogens with zero attached hydrogens (tertiary/aromatic N) is 3. The van der Waals surface area contributed by atoms with E-state index >= 15 is 0 Å². The Kier molecular flexibility index (Phi) is 7.61. The van der Waals surface area contributed by atoms with Crippen molar-refractivity contribution in [1.29, 1.82) is 0 Å². The third-order valence-corrected chi connectivity index (χ3v) is 5.70. The van der Waals surface area contributed by atoms with Crippen LogP contribution in [0.25, 0.3) is 0 Å². The minimum atomic E-state index is -1.03. The molecule has 1 aromatic heterocycles. The molecular weight excluding hydrogens is 406 g/mol. The van der Waals surface area contributed by atoms with Crippen molar-refractivity contribution in [3.05, 3.63) is 47.2 Å². The first-order valence-electron chi connectivity index (χ1n) is 11.2. The highest BCUT2D eigenvalue weighted by Crippen LogP contribution is 2.30. The third-order valence-electron chi connectivity index (χ3n) is 5.70. The highest BCUT2D eigenvalue weighted by molar-refractivity contribution is 5.79. The van der Waals surface area contributed by atoms with E-state index < -0.39 is 5.60 Å². The van der Waals surface area contributed by atoms with Gasteiger partial charge in [-0.2, -0.15) is 0 Å². The van der Waals surface area contributed by atoms with Crippen molar-refractivity contribution in [2.75, 3.05) is 44.8 Å². The Morgan fingerprint density at radius 1 is 1.09 bits per heavy atom. The van der Waals surface area contributed by atoms with Crippen molar-refractivity contribution in [1.82, 2.24) is 9.88 Å². The maximum Gasteiger partial charge on any atom is 0.349 e. The number of piperazine rings is 1. The Bertz CT molecular complexity index is 896. The summed E-state index contributed by atoms with van der Waals surface area (Å²) in [5.41, 5.74) is 2.27. The number of esters is 1. The second kappa shape index (κ2) is 10.2. The van der Waals surface area contributed by atoms with Crippen LogP contribution in [0.3, 0.4) is 0 Å². The van der Waals surface area contributed by atoms with E-state index in [1.165, 1.54) is 5.56 Å². The van der Waals surface area contributed by atoms with Crippen molar-refractivity contribution in [3.8, 4) is 11.5 Å².